The number of sulfonamides is 1. The summed E-state index contributed by atoms with van der Waals surface area (Å²) in [5.41, 5.74) is 1.61. The fourth-order valence-electron chi connectivity index (χ4n) is 3.62. The van der Waals surface area contributed by atoms with Crippen molar-refractivity contribution in [3.63, 3.8) is 0 Å². The molecule has 0 saturated carbocycles. The molecule has 8 heteroatoms. The van der Waals surface area contributed by atoms with E-state index in [-0.39, 0.29) is 5.91 Å². The Morgan fingerprint density at radius 3 is 2.42 bits per heavy atom. The van der Waals surface area contributed by atoms with Crippen LogP contribution in [0.2, 0.25) is 0 Å². The lowest BCUT2D eigenvalue weighted by molar-refractivity contribution is 0.0947. The molecule has 2 heterocycles. The van der Waals surface area contributed by atoms with Gasteiger partial charge in [0.05, 0.1) is 17.7 Å². The smallest absolute Gasteiger partial charge is 0.251 e. The maximum Gasteiger partial charge on any atom is 0.251 e. The summed E-state index contributed by atoms with van der Waals surface area (Å²) in [5, 5.41) is 2.85. The molecule has 0 bridgehead atoms. The average Bonchev–Trinajstić information content (AvgIpc) is 3.32. The van der Waals surface area contributed by atoms with Gasteiger partial charge < -0.3 is 9.73 Å². The molecule has 7 nitrogen and oxygen atoms in total. The highest BCUT2D eigenvalue weighted by molar-refractivity contribution is 7.89. The second-order valence-electron chi connectivity index (χ2n) is 7.46. The number of piperazine rings is 1. The summed E-state index contributed by atoms with van der Waals surface area (Å²) in [5.74, 6) is 0.546. The van der Waals surface area contributed by atoms with Crippen molar-refractivity contribution in [3.05, 3.63) is 89.9 Å². The minimum Gasteiger partial charge on any atom is -0.467 e. The highest BCUT2D eigenvalue weighted by Crippen LogP contribution is 2.18. The van der Waals surface area contributed by atoms with Crippen LogP contribution in [-0.2, 0) is 23.1 Å². The molecule has 31 heavy (non-hydrogen) atoms. The molecule has 1 amide bonds. The van der Waals surface area contributed by atoms with Gasteiger partial charge in [0, 0.05) is 38.3 Å². The molecule has 4 rings (SSSR count). The summed E-state index contributed by atoms with van der Waals surface area (Å²) in [6, 6.07) is 19.7. The lowest BCUT2D eigenvalue weighted by atomic mass is 10.1. The Hall–Kier alpha value is -2.94. The largest absolute Gasteiger partial charge is 0.467 e. The third kappa shape index (κ3) is 5.22. The zero-order valence-corrected chi connectivity index (χ0v) is 17.9. The monoisotopic (exact) mass is 439 g/mol. The Kier molecular flexibility index (Phi) is 6.50. The molecule has 1 N–H and O–H groups in total. The molecule has 1 aliphatic rings. The van der Waals surface area contributed by atoms with Crippen molar-refractivity contribution in [1.29, 1.82) is 0 Å². The molecule has 0 atom stereocenters. The van der Waals surface area contributed by atoms with Gasteiger partial charge in [-0.25, -0.2) is 8.42 Å². The molecule has 1 aromatic heterocycles. The number of nitrogens with one attached hydrogen (secondary N) is 1. The molecule has 1 saturated heterocycles. The summed E-state index contributed by atoms with van der Waals surface area (Å²) >= 11 is 0. The van der Waals surface area contributed by atoms with Gasteiger partial charge in [-0.3, -0.25) is 9.69 Å². The zero-order chi connectivity index (χ0) is 21.7. The van der Waals surface area contributed by atoms with Gasteiger partial charge in [-0.1, -0.05) is 30.3 Å². The number of amides is 1. The Bertz CT molecular complexity index is 1110. The second-order valence-corrected chi connectivity index (χ2v) is 9.39. The van der Waals surface area contributed by atoms with Crippen LogP contribution in [0.5, 0.6) is 0 Å². The molecular weight excluding hydrogens is 414 g/mol. The van der Waals surface area contributed by atoms with Crippen LogP contribution in [0.4, 0.5) is 0 Å². The van der Waals surface area contributed by atoms with E-state index in [1.54, 1.807) is 42.7 Å². The first-order chi connectivity index (χ1) is 15.0. The van der Waals surface area contributed by atoms with E-state index in [1.165, 1.54) is 4.31 Å². The lowest BCUT2D eigenvalue weighted by Gasteiger charge is -2.34. The van der Waals surface area contributed by atoms with Crippen LogP contribution in [-0.4, -0.2) is 49.7 Å². The van der Waals surface area contributed by atoms with E-state index in [4.69, 9.17) is 4.42 Å². The van der Waals surface area contributed by atoms with E-state index in [2.05, 4.69) is 10.2 Å². The van der Waals surface area contributed by atoms with Gasteiger partial charge in [0.2, 0.25) is 10.0 Å². The van der Waals surface area contributed by atoms with Crippen molar-refractivity contribution in [1.82, 2.24) is 14.5 Å². The number of furan rings is 1. The van der Waals surface area contributed by atoms with Crippen LogP contribution >= 0.6 is 0 Å². The van der Waals surface area contributed by atoms with Gasteiger partial charge >= 0.3 is 0 Å². The van der Waals surface area contributed by atoms with E-state index in [0.29, 0.717) is 55.5 Å². The van der Waals surface area contributed by atoms with E-state index in [0.717, 1.165) is 5.56 Å². The van der Waals surface area contributed by atoms with Gasteiger partial charge in [0.15, 0.2) is 0 Å². The summed E-state index contributed by atoms with van der Waals surface area (Å²) in [6.45, 7) is 3.18. The summed E-state index contributed by atoms with van der Waals surface area (Å²) in [4.78, 5) is 15.0. The van der Waals surface area contributed by atoms with Gasteiger partial charge in [0.25, 0.3) is 5.91 Å². The highest BCUT2D eigenvalue weighted by atomic mass is 32.2. The van der Waals surface area contributed by atoms with Crippen molar-refractivity contribution in [2.24, 2.45) is 0 Å². The Labute approximate surface area is 182 Å². The van der Waals surface area contributed by atoms with Crippen LogP contribution < -0.4 is 5.32 Å². The molecule has 3 aromatic rings. The van der Waals surface area contributed by atoms with Gasteiger partial charge in [-0.15, -0.1) is 0 Å². The third-order valence-corrected chi connectivity index (χ3v) is 7.22. The topological polar surface area (TPSA) is 82.9 Å². The first-order valence-electron chi connectivity index (χ1n) is 10.2. The third-order valence-electron chi connectivity index (χ3n) is 5.31. The summed E-state index contributed by atoms with van der Waals surface area (Å²) < 4.78 is 32.3. The number of carbonyl (C=O) groups excluding carboxylic acids is 1. The van der Waals surface area contributed by atoms with Crippen LogP contribution in [0.1, 0.15) is 21.7 Å². The number of hydrogen-bond donors (Lipinski definition) is 1. The Morgan fingerprint density at radius 1 is 0.935 bits per heavy atom. The van der Waals surface area contributed by atoms with Crippen LogP contribution in [0.15, 0.2) is 82.3 Å². The van der Waals surface area contributed by atoms with Crippen molar-refractivity contribution in [3.8, 4) is 0 Å². The second kappa shape index (κ2) is 9.47. The van der Waals surface area contributed by atoms with Crippen molar-refractivity contribution >= 4 is 15.9 Å². The first kappa shape index (κ1) is 21.3. The van der Waals surface area contributed by atoms with Crippen LogP contribution in [0, 0.1) is 0 Å². The van der Waals surface area contributed by atoms with E-state index in [9.17, 15) is 13.2 Å². The maximum atomic E-state index is 12.8. The fourth-order valence-corrected chi connectivity index (χ4v) is 5.06. The lowest BCUT2D eigenvalue weighted by Crippen LogP contribution is -2.48. The Balaban J connectivity index is 1.32. The highest BCUT2D eigenvalue weighted by Gasteiger charge is 2.28. The van der Waals surface area contributed by atoms with Crippen molar-refractivity contribution in [2.75, 3.05) is 26.2 Å². The van der Waals surface area contributed by atoms with Crippen LogP contribution in [0.25, 0.3) is 0 Å². The van der Waals surface area contributed by atoms with Gasteiger partial charge in [-0.05, 0) is 42.0 Å². The minimum absolute atomic E-state index is 0.156. The molecule has 0 unspecified atom stereocenters. The van der Waals surface area contributed by atoms with E-state index >= 15 is 0 Å². The van der Waals surface area contributed by atoms with Crippen LogP contribution in [0.3, 0.4) is 0 Å². The average molecular weight is 440 g/mol. The zero-order valence-electron chi connectivity index (χ0n) is 17.1. The fraction of sp³-hybridized carbons (Fsp3) is 0.261. The van der Waals surface area contributed by atoms with Crippen molar-refractivity contribution in [2.45, 2.75) is 18.0 Å². The van der Waals surface area contributed by atoms with E-state index < -0.39 is 10.0 Å². The molecule has 0 aliphatic carbocycles. The predicted molar refractivity (Wildman–Crippen MR) is 117 cm³/mol. The molecule has 0 radical (unpaired) electrons. The number of benzene rings is 2. The standard InChI is InChI=1S/C23H25N3O4S/c27-23(24-17-21-8-5-15-30-21)20-7-4-6-19(16-20)18-25-11-13-26(14-12-25)31(28,29)22-9-2-1-3-10-22/h1-10,15-16H,11-14,17-18H2,(H,24,27). The molecule has 1 aliphatic heterocycles. The quantitative estimate of drug-likeness (QED) is 0.612. The minimum atomic E-state index is -3.46. The predicted octanol–water partition coefficient (Wildman–Crippen LogP) is 2.72. The number of rotatable bonds is 7. The summed E-state index contributed by atoms with van der Waals surface area (Å²) in [7, 11) is -3.46. The molecule has 0 spiro atoms. The van der Waals surface area contributed by atoms with Gasteiger partial charge in [0.1, 0.15) is 5.76 Å². The molecule has 1 fully saturated rings. The molecular formula is C23H25N3O4S. The number of carbonyl (C=O) groups is 1. The number of hydrogen-bond acceptors (Lipinski definition) is 5. The Morgan fingerprint density at radius 2 is 1.71 bits per heavy atom. The maximum absolute atomic E-state index is 12.8. The normalized spacial score (nSPS) is 15.6. The molecule has 162 valence electrons. The number of nitrogens with zero attached hydrogens (tertiary/aromatic N) is 2. The first-order valence-corrected chi connectivity index (χ1v) is 11.6. The SMILES string of the molecule is O=C(NCc1ccco1)c1cccc(CN2CCN(S(=O)(=O)c3ccccc3)CC2)c1. The summed E-state index contributed by atoms with van der Waals surface area (Å²) in [6.07, 6.45) is 1.58. The van der Waals surface area contributed by atoms with Crippen molar-refractivity contribution < 1.29 is 17.6 Å². The van der Waals surface area contributed by atoms with E-state index in [1.807, 2.05) is 30.3 Å². The van der Waals surface area contributed by atoms with Gasteiger partial charge in [-0.2, -0.15) is 4.31 Å². The molecule has 2 aromatic carbocycles.